The maximum Gasteiger partial charge on any atom is 0.243 e. The van der Waals surface area contributed by atoms with Crippen molar-refractivity contribution in [2.45, 2.75) is 82.5 Å². The molecule has 3 heterocycles. The van der Waals surface area contributed by atoms with Gasteiger partial charge in [0, 0.05) is 29.8 Å². The van der Waals surface area contributed by atoms with E-state index in [0.29, 0.717) is 74.8 Å². The van der Waals surface area contributed by atoms with Crippen LogP contribution in [0.2, 0.25) is 5.02 Å². The number of nitrogens with two attached hydrogens (primary N) is 1. The lowest BCUT2D eigenvalue weighted by atomic mass is 9.89. The minimum atomic E-state index is -0.960. The molecule has 49 heavy (non-hydrogen) atoms. The van der Waals surface area contributed by atoms with E-state index in [2.05, 4.69) is 31.6 Å². The lowest BCUT2D eigenvalue weighted by Crippen LogP contribution is -2.60. The Bertz CT molecular complexity index is 1610. The molecule has 0 saturated carbocycles. The molecule has 12 nitrogen and oxygen atoms in total. The summed E-state index contributed by atoms with van der Waals surface area (Å²) < 4.78 is 6.64. The zero-order chi connectivity index (χ0) is 34.8. The van der Waals surface area contributed by atoms with Gasteiger partial charge in [0.15, 0.2) is 0 Å². The highest BCUT2D eigenvalue weighted by atomic mass is 35.5. The van der Waals surface area contributed by atoms with Crippen molar-refractivity contribution in [1.82, 2.24) is 31.6 Å². The van der Waals surface area contributed by atoms with Crippen molar-refractivity contribution < 1.29 is 23.9 Å². The number of para-hydroxylation sites is 1. The average Bonchev–Trinajstić information content (AvgIpc) is 3.51. The minimum absolute atomic E-state index is 0.145. The predicted molar refractivity (Wildman–Crippen MR) is 190 cm³/mol. The largest absolute Gasteiger partial charge is 0.493 e. The van der Waals surface area contributed by atoms with E-state index >= 15 is 0 Å². The van der Waals surface area contributed by atoms with Gasteiger partial charge in [-0.1, -0.05) is 36.7 Å². The normalized spacial score (nSPS) is 18.0. The lowest BCUT2D eigenvalue weighted by Gasteiger charge is -2.33. The molecule has 4 atom stereocenters. The summed E-state index contributed by atoms with van der Waals surface area (Å²) in [4.78, 5) is 59.1. The molecule has 0 unspecified atom stereocenters. The Hall–Kier alpha value is -3.78. The Labute approximate surface area is 295 Å². The maximum absolute atomic E-state index is 14.1. The zero-order valence-corrected chi connectivity index (χ0v) is 29.3. The Morgan fingerprint density at radius 2 is 1.80 bits per heavy atom. The number of hydrogen-bond donors (Lipinski definition) is 6. The Morgan fingerprint density at radius 3 is 2.57 bits per heavy atom. The summed E-state index contributed by atoms with van der Waals surface area (Å²) in [5.41, 5.74) is 7.40. The van der Waals surface area contributed by atoms with Crippen LogP contribution < -0.4 is 37.1 Å². The lowest BCUT2D eigenvalue weighted by molar-refractivity contribution is -0.135. The number of benzene rings is 2. The number of nitrogens with zero attached hydrogens (tertiary/aromatic N) is 1. The van der Waals surface area contributed by atoms with E-state index < -0.39 is 29.9 Å². The highest BCUT2D eigenvalue weighted by Gasteiger charge is 2.36. The first-order chi connectivity index (χ1) is 23.7. The van der Waals surface area contributed by atoms with Crippen LogP contribution in [0.5, 0.6) is 5.75 Å². The number of carbonyl (C=O) groups excluding carboxylic acids is 4. The number of unbranched alkanes of at least 4 members (excludes halogenated alkanes) is 1. The molecule has 2 aromatic carbocycles. The van der Waals surface area contributed by atoms with Gasteiger partial charge in [0.05, 0.1) is 27.9 Å². The third-order valence-electron chi connectivity index (χ3n) is 9.04. The predicted octanol–water partition coefficient (Wildman–Crippen LogP) is 3.13. The van der Waals surface area contributed by atoms with Crippen LogP contribution >= 0.6 is 22.9 Å². The summed E-state index contributed by atoms with van der Waals surface area (Å²) in [5, 5.41) is 16.5. The summed E-state index contributed by atoms with van der Waals surface area (Å²) in [6, 6.07) is 10.0. The van der Waals surface area contributed by atoms with Crippen molar-refractivity contribution in [3.8, 4) is 5.75 Å². The van der Waals surface area contributed by atoms with Crippen molar-refractivity contribution in [3.05, 3.63) is 58.1 Å². The van der Waals surface area contributed by atoms with Gasteiger partial charge in [-0.05, 0) is 81.9 Å². The van der Waals surface area contributed by atoms with Crippen LogP contribution in [0, 0.1) is 5.92 Å². The van der Waals surface area contributed by atoms with Gasteiger partial charge in [0.2, 0.25) is 23.6 Å². The van der Waals surface area contributed by atoms with Gasteiger partial charge in [0.1, 0.15) is 23.9 Å². The van der Waals surface area contributed by atoms with Crippen LogP contribution in [-0.4, -0.2) is 73.0 Å². The number of hydrogen-bond acceptors (Lipinski definition) is 9. The molecule has 4 amide bonds. The van der Waals surface area contributed by atoms with Crippen molar-refractivity contribution >= 4 is 56.8 Å². The molecule has 5 rings (SSSR count). The van der Waals surface area contributed by atoms with E-state index in [4.69, 9.17) is 22.1 Å². The van der Waals surface area contributed by atoms with E-state index in [0.717, 1.165) is 21.5 Å². The third-order valence-corrected chi connectivity index (χ3v) is 10.3. The molecule has 0 spiro atoms. The van der Waals surface area contributed by atoms with Gasteiger partial charge in [-0.15, -0.1) is 11.3 Å². The van der Waals surface area contributed by atoms with Gasteiger partial charge in [-0.2, -0.15) is 0 Å². The van der Waals surface area contributed by atoms with Crippen LogP contribution in [0.15, 0.2) is 42.5 Å². The summed E-state index contributed by atoms with van der Waals surface area (Å²) in [5.74, 6) is -0.954. The molecule has 7 N–H and O–H groups in total. The molecule has 1 aromatic heterocycles. The van der Waals surface area contributed by atoms with Gasteiger partial charge in [-0.3, -0.25) is 19.2 Å². The molecule has 0 aliphatic carbocycles. The second-order valence-corrected chi connectivity index (χ2v) is 14.1. The smallest absolute Gasteiger partial charge is 0.243 e. The topological polar surface area (TPSA) is 177 Å². The SMILES string of the molecule is CCC(=O)N[C@@H](Cc1nc2ccc(Cl)cc2s1)C(=O)N[C@H](C(=O)N[C@@H](CCCCN)C(=O)N[C@@H]1CCOc2ccccc21)C1CCNCC1. The van der Waals surface area contributed by atoms with Crippen molar-refractivity contribution in [2.24, 2.45) is 11.7 Å². The molecule has 1 saturated heterocycles. The van der Waals surface area contributed by atoms with Crippen molar-refractivity contribution in [3.63, 3.8) is 0 Å². The molecule has 0 bridgehead atoms. The fraction of sp³-hybridized carbons (Fsp3) is 0.514. The summed E-state index contributed by atoms with van der Waals surface area (Å²) in [6.07, 6.45) is 3.99. The maximum atomic E-state index is 14.1. The summed E-state index contributed by atoms with van der Waals surface area (Å²) in [7, 11) is 0. The molecule has 2 aliphatic rings. The second-order valence-electron chi connectivity index (χ2n) is 12.6. The zero-order valence-electron chi connectivity index (χ0n) is 27.8. The molecule has 14 heteroatoms. The number of aromatic nitrogens is 1. The molecular formula is C35H46ClN7O5S. The number of carbonyl (C=O) groups is 4. The van der Waals surface area contributed by atoms with E-state index in [1.54, 1.807) is 13.0 Å². The highest BCUT2D eigenvalue weighted by Crippen LogP contribution is 2.32. The number of rotatable bonds is 15. The van der Waals surface area contributed by atoms with Crippen LogP contribution in [0.1, 0.15) is 68.5 Å². The second kappa shape index (κ2) is 17.7. The minimum Gasteiger partial charge on any atom is -0.493 e. The van der Waals surface area contributed by atoms with Crippen LogP contribution in [-0.2, 0) is 25.6 Å². The van der Waals surface area contributed by atoms with Crippen LogP contribution in [0.4, 0.5) is 0 Å². The van der Waals surface area contributed by atoms with Crippen molar-refractivity contribution in [2.75, 3.05) is 26.2 Å². The first-order valence-electron chi connectivity index (χ1n) is 17.1. The fourth-order valence-electron chi connectivity index (χ4n) is 6.33. The number of nitrogens with one attached hydrogen (secondary N) is 5. The summed E-state index contributed by atoms with van der Waals surface area (Å²) >= 11 is 7.57. The first kappa shape index (κ1) is 36.5. The van der Waals surface area contributed by atoms with Crippen molar-refractivity contribution in [1.29, 1.82) is 0 Å². The number of fused-ring (bicyclic) bond motifs is 2. The van der Waals surface area contributed by atoms with Crippen LogP contribution in [0.25, 0.3) is 10.2 Å². The molecular weight excluding hydrogens is 666 g/mol. The molecule has 264 valence electrons. The Morgan fingerprint density at radius 1 is 1.00 bits per heavy atom. The molecule has 3 aromatic rings. The van der Waals surface area contributed by atoms with E-state index in [9.17, 15) is 19.2 Å². The van der Waals surface area contributed by atoms with E-state index in [1.807, 2.05) is 36.4 Å². The average molecular weight is 712 g/mol. The molecule has 0 radical (unpaired) electrons. The molecule has 1 fully saturated rings. The van der Waals surface area contributed by atoms with Crippen LogP contribution in [0.3, 0.4) is 0 Å². The standard InChI is InChI=1S/C35H46ClN7O5S/c1-2-30(44)39-27(20-31-40-25-11-10-22(36)19-29(25)49-31)34(46)43-32(21-12-16-38-17-13-21)35(47)42-26(8-5-6-15-37)33(45)41-24-14-18-48-28-9-4-3-7-23(24)28/h3-4,7,9-11,19,21,24,26-27,32,38H,2,5-6,8,12-18,20,37H2,1H3,(H,39,44)(H,41,45)(H,42,47)(H,43,46)/t24-,26+,27+,32+/m1/s1. The van der Waals surface area contributed by atoms with Gasteiger partial charge in [-0.25, -0.2) is 4.98 Å². The number of amides is 4. The number of halogens is 1. The highest BCUT2D eigenvalue weighted by molar-refractivity contribution is 7.18. The molecule has 2 aliphatic heterocycles. The fourth-order valence-corrected chi connectivity index (χ4v) is 7.62. The Balaban J connectivity index is 1.34. The van der Waals surface area contributed by atoms with Gasteiger partial charge < -0.3 is 37.1 Å². The van der Waals surface area contributed by atoms with E-state index in [-0.39, 0.29) is 36.6 Å². The number of thiazole rings is 1. The Kier molecular flexibility index (Phi) is 13.2. The quantitative estimate of drug-likeness (QED) is 0.130. The number of piperidine rings is 1. The van der Waals surface area contributed by atoms with Gasteiger partial charge in [0.25, 0.3) is 0 Å². The first-order valence-corrected chi connectivity index (χ1v) is 18.3. The summed E-state index contributed by atoms with van der Waals surface area (Å²) in [6.45, 7) is 4.03. The monoisotopic (exact) mass is 711 g/mol. The third kappa shape index (κ3) is 9.90. The van der Waals surface area contributed by atoms with E-state index in [1.165, 1.54) is 11.3 Å². The van der Waals surface area contributed by atoms with Gasteiger partial charge >= 0.3 is 0 Å². The number of ether oxygens (including phenoxy) is 1.